The van der Waals surface area contributed by atoms with Gasteiger partial charge in [-0.15, -0.1) is 0 Å². The van der Waals surface area contributed by atoms with Gasteiger partial charge in [0.15, 0.2) is 5.78 Å². The molecule has 0 amide bonds. The van der Waals surface area contributed by atoms with Crippen molar-refractivity contribution in [2.24, 2.45) is 5.92 Å². The molecule has 3 aliphatic heterocycles. The van der Waals surface area contributed by atoms with Crippen LogP contribution in [0.3, 0.4) is 0 Å². The first-order valence-corrected chi connectivity index (χ1v) is 4.24. The highest BCUT2D eigenvalue weighted by atomic mass is 16.1. The lowest BCUT2D eigenvalue weighted by Gasteiger charge is -2.38. The maximum atomic E-state index is 11.1. The highest BCUT2D eigenvalue weighted by Crippen LogP contribution is 2.31. The molecule has 2 nitrogen and oxygen atoms in total. The van der Waals surface area contributed by atoms with E-state index in [1.807, 2.05) is 0 Å². The van der Waals surface area contributed by atoms with Crippen LogP contribution in [0.2, 0.25) is 0 Å². The molecule has 3 aliphatic rings. The van der Waals surface area contributed by atoms with Crippen LogP contribution in [-0.4, -0.2) is 23.8 Å². The van der Waals surface area contributed by atoms with Crippen LogP contribution in [0.4, 0.5) is 0 Å². The fraction of sp³-hybridized carbons (Fsp3) is 0.667. The van der Waals surface area contributed by atoms with Gasteiger partial charge in [0.25, 0.3) is 0 Å². The summed E-state index contributed by atoms with van der Waals surface area (Å²) in [5.41, 5.74) is 1.06. The van der Waals surface area contributed by atoms with Gasteiger partial charge in [0, 0.05) is 24.9 Å². The molecule has 0 aliphatic carbocycles. The molecule has 2 heteroatoms. The van der Waals surface area contributed by atoms with E-state index in [0.29, 0.717) is 5.92 Å². The van der Waals surface area contributed by atoms with Crippen molar-refractivity contribution < 1.29 is 4.79 Å². The maximum absolute atomic E-state index is 11.1. The van der Waals surface area contributed by atoms with Gasteiger partial charge < -0.3 is 4.90 Å². The van der Waals surface area contributed by atoms with Crippen LogP contribution in [0.25, 0.3) is 0 Å². The number of rotatable bonds is 1. The van der Waals surface area contributed by atoms with E-state index >= 15 is 0 Å². The van der Waals surface area contributed by atoms with Gasteiger partial charge in [-0.2, -0.15) is 0 Å². The maximum Gasteiger partial charge on any atom is 0.157 e. The second-order valence-electron chi connectivity index (χ2n) is 3.45. The van der Waals surface area contributed by atoms with Crippen LogP contribution < -0.4 is 0 Å². The van der Waals surface area contributed by atoms with Crippen LogP contribution in [0.1, 0.15) is 19.8 Å². The predicted molar refractivity (Wildman–Crippen MR) is 43.1 cm³/mol. The number of carbonyl (C=O) groups is 1. The Balaban J connectivity index is 2.27. The van der Waals surface area contributed by atoms with E-state index in [1.54, 1.807) is 6.92 Å². The second kappa shape index (κ2) is 2.36. The summed E-state index contributed by atoms with van der Waals surface area (Å²) in [6.45, 7) is 3.98. The van der Waals surface area contributed by atoms with Gasteiger partial charge in [-0.25, -0.2) is 0 Å². The standard InChI is InChI=1S/C9H13NO/c1-7(11)9-6-10-4-2-8(9)3-5-10/h6,8H,2-5H2,1H3. The van der Waals surface area contributed by atoms with E-state index in [4.69, 9.17) is 0 Å². The number of carbonyl (C=O) groups excluding carboxylic acids is 1. The third-order valence-corrected chi connectivity index (χ3v) is 2.70. The third-order valence-electron chi connectivity index (χ3n) is 2.70. The molecule has 0 atom stereocenters. The summed E-state index contributed by atoms with van der Waals surface area (Å²) in [6, 6.07) is 0. The summed E-state index contributed by atoms with van der Waals surface area (Å²) in [4.78, 5) is 13.4. The van der Waals surface area contributed by atoms with Crippen molar-refractivity contribution in [2.45, 2.75) is 19.8 Å². The smallest absolute Gasteiger partial charge is 0.157 e. The largest absolute Gasteiger partial charge is 0.377 e. The van der Waals surface area contributed by atoms with E-state index in [-0.39, 0.29) is 5.78 Å². The van der Waals surface area contributed by atoms with Crippen molar-refractivity contribution in [3.8, 4) is 0 Å². The summed E-state index contributed by atoms with van der Waals surface area (Å²) >= 11 is 0. The molecule has 60 valence electrons. The minimum atomic E-state index is 0.263. The lowest BCUT2D eigenvalue weighted by atomic mass is 9.84. The Morgan fingerprint density at radius 3 is 2.45 bits per heavy atom. The van der Waals surface area contributed by atoms with Crippen LogP contribution in [0.15, 0.2) is 11.8 Å². The SMILES string of the molecule is CC(=O)C1=CN2CCC1CC2. The third kappa shape index (κ3) is 1.06. The fourth-order valence-corrected chi connectivity index (χ4v) is 2.02. The first-order chi connectivity index (χ1) is 5.27. The number of hydrogen-bond donors (Lipinski definition) is 0. The Hall–Kier alpha value is -0.790. The topological polar surface area (TPSA) is 20.3 Å². The predicted octanol–water partition coefficient (Wildman–Crippen LogP) is 1.18. The number of hydrogen-bond acceptors (Lipinski definition) is 2. The Labute approximate surface area is 66.9 Å². The first kappa shape index (κ1) is 6.89. The molecule has 1 fully saturated rings. The summed E-state index contributed by atoms with van der Waals surface area (Å²) in [6.07, 6.45) is 4.43. The Morgan fingerprint density at radius 2 is 2.18 bits per heavy atom. The lowest BCUT2D eigenvalue weighted by Crippen LogP contribution is -2.37. The summed E-state index contributed by atoms with van der Waals surface area (Å²) < 4.78 is 0. The minimum Gasteiger partial charge on any atom is -0.377 e. The van der Waals surface area contributed by atoms with Gasteiger partial charge >= 0.3 is 0 Å². The second-order valence-corrected chi connectivity index (χ2v) is 3.45. The lowest BCUT2D eigenvalue weighted by molar-refractivity contribution is -0.114. The summed E-state index contributed by atoms with van der Waals surface area (Å²) in [7, 11) is 0. The van der Waals surface area contributed by atoms with E-state index in [1.165, 1.54) is 12.8 Å². The molecule has 0 unspecified atom stereocenters. The van der Waals surface area contributed by atoms with Crippen LogP contribution in [0.5, 0.6) is 0 Å². The fourth-order valence-electron chi connectivity index (χ4n) is 2.02. The molecule has 0 N–H and O–H groups in total. The molecule has 0 aromatic heterocycles. The zero-order valence-corrected chi connectivity index (χ0v) is 6.84. The highest BCUT2D eigenvalue weighted by Gasteiger charge is 2.28. The van der Waals surface area contributed by atoms with E-state index in [9.17, 15) is 4.79 Å². The average molecular weight is 151 g/mol. The molecule has 0 saturated carbocycles. The van der Waals surface area contributed by atoms with Crippen molar-refractivity contribution in [1.29, 1.82) is 0 Å². The highest BCUT2D eigenvalue weighted by molar-refractivity contribution is 5.93. The Morgan fingerprint density at radius 1 is 1.55 bits per heavy atom. The van der Waals surface area contributed by atoms with Gasteiger partial charge in [0.1, 0.15) is 0 Å². The van der Waals surface area contributed by atoms with Crippen LogP contribution >= 0.6 is 0 Å². The Kier molecular flexibility index (Phi) is 1.48. The molecule has 3 rings (SSSR count). The number of ketones is 1. The van der Waals surface area contributed by atoms with Crippen molar-refractivity contribution in [3.05, 3.63) is 11.8 Å². The zero-order valence-electron chi connectivity index (χ0n) is 6.84. The number of allylic oxidation sites excluding steroid dienone is 1. The minimum absolute atomic E-state index is 0.263. The normalized spacial score (nSPS) is 23.7. The van der Waals surface area contributed by atoms with Gasteiger partial charge in [-0.1, -0.05) is 0 Å². The number of piperidine rings is 1. The van der Waals surface area contributed by atoms with Crippen LogP contribution in [-0.2, 0) is 4.79 Å². The number of fused-ring (bicyclic) bond motifs is 2. The monoisotopic (exact) mass is 151 g/mol. The molecule has 11 heavy (non-hydrogen) atoms. The quantitative estimate of drug-likeness (QED) is 0.561. The number of Topliss-reactive ketones (excluding diaryl/α,β-unsaturated/α-hetero) is 1. The van der Waals surface area contributed by atoms with Crippen molar-refractivity contribution >= 4 is 5.78 Å². The van der Waals surface area contributed by atoms with E-state index in [2.05, 4.69) is 11.1 Å². The molecule has 1 saturated heterocycles. The van der Waals surface area contributed by atoms with Crippen molar-refractivity contribution in [3.63, 3.8) is 0 Å². The molecule has 0 spiro atoms. The molecular weight excluding hydrogens is 138 g/mol. The summed E-state index contributed by atoms with van der Waals surface area (Å²) in [5, 5.41) is 0. The molecule has 3 heterocycles. The van der Waals surface area contributed by atoms with Gasteiger partial charge in [0.2, 0.25) is 0 Å². The van der Waals surface area contributed by atoms with Gasteiger partial charge in [-0.05, 0) is 25.7 Å². The molecule has 2 bridgehead atoms. The van der Waals surface area contributed by atoms with Crippen LogP contribution in [0, 0.1) is 5.92 Å². The number of nitrogens with zero attached hydrogens (tertiary/aromatic N) is 1. The average Bonchev–Trinajstić information content (AvgIpc) is 2.06. The van der Waals surface area contributed by atoms with Crippen molar-refractivity contribution in [1.82, 2.24) is 4.90 Å². The van der Waals surface area contributed by atoms with Crippen molar-refractivity contribution in [2.75, 3.05) is 13.1 Å². The molecule has 0 radical (unpaired) electrons. The molecule has 0 aromatic rings. The van der Waals surface area contributed by atoms with E-state index < -0.39 is 0 Å². The molecular formula is C9H13NO. The summed E-state index contributed by atoms with van der Waals surface area (Å²) in [5.74, 6) is 0.844. The van der Waals surface area contributed by atoms with Gasteiger partial charge in [0.05, 0.1) is 0 Å². The Bertz CT molecular complexity index is 212. The zero-order chi connectivity index (χ0) is 7.84. The van der Waals surface area contributed by atoms with Gasteiger partial charge in [-0.3, -0.25) is 4.79 Å². The first-order valence-electron chi connectivity index (χ1n) is 4.24. The molecule has 0 aromatic carbocycles. The van der Waals surface area contributed by atoms with E-state index in [0.717, 1.165) is 18.7 Å².